The highest BCUT2D eigenvalue weighted by molar-refractivity contribution is 5.81. The standard InChI is InChI=1S/C19H25N3O5/c1-3-21-15-6-4-5-7-16(15)22(19(21)25)9-8-18(24)27-13-17(23)20-10-11-26-14(2)12-20/h4-7,14H,3,8-13H2,1-2H3. The highest BCUT2D eigenvalue weighted by atomic mass is 16.5. The fourth-order valence-corrected chi connectivity index (χ4v) is 3.35. The summed E-state index contributed by atoms with van der Waals surface area (Å²) >= 11 is 0. The van der Waals surface area contributed by atoms with Crippen LogP contribution in [0.5, 0.6) is 0 Å². The average molecular weight is 375 g/mol. The van der Waals surface area contributed by atoms with Crippen LogP contribution in [0.2, 0.25) is 0 Å². The number of nitrogens with zero attached hydrogens (tertiary/aromatic N) is 3. The molecule has 27 heavy (non-hydrogen) atoms. The van der Waals surface area contributed by atoms with Gasteiger partial charge in [-0.15, -0.1) is 0 Å². The minimum atomic E-state index is -0.495. The Morgan fingerprint density at radius 1 is 1.22 bits per heavy atom. The van der Waals surface area contributed by atoms with Crippen LogP contribution in [-0.2, 0) is 32.2 Å². The van der Waals surface area contributed by atoms with Gasteiger partial charge in [0.2, 0.25) is 0 Å². The summed E-state index contributed by atoms with van der Waals surface area (Å²) < 4.78 is 13.7. The molecule has 1 aromatic carbocycles. The first-order chi connectivity index (χ1) is 13.0. The second-order valence-corrected chi connectivity index (χ2v) is 6.60. The number of ether oxygens (including phenoxy) is 2. The topological polar surface area (TPSA) is 82.8 Å². The maximum Gasteiger partial charge on any atom is 0.329 e. The number of aromatic nitrogens is 2. The van der Waals surface area contributed by atoms with Gasteiger partial charge in [-0.25, -0.2) is 4.79 Å². The van der Waals surface area contributed by atoms with Gasteiger partial charge in [0.25, 0.3) is 5.91 Å². The number of carbonyl (C=O) groups excluding carboxylic acids is 2. The van der Waals surface area contributed by atoms with Gasteiger partial charge in [-0.2, -0.15) is 0 Å². The van der Waals surface area contributed by atoms with Gasteiger partial charge in [-0.1, -0.05) is 12.1 Å². The second kappa shape index (κ2) is 8.39. The van der Waals surface area contributed by atoms with Gasteiger partial charge < -0.3 is 14.4 Å². The molecule has 1 unspecified atom stereocenters. The van der Waals surface area contributed by atoms with Crippen LogP contribution >= 0.6 is 0 Å². The van der Waals surface area contributed by atoms with Crippen molar-refractivity contribution in [3.8, 4) is 0 Å². The third-order valence-corrected chi connectivity index (χ3v) is 4.73. The average Bonchev–Trinajstić information content (AvgIpc) is 2.95. The number of carbonyl (C=O) groups is 2. The molecule has 1 aliphatic rings. The molecule has 3 rings (SSSR count). The smallest absolute Gasteiger partial charge is 0.329 e. The third kappa shape index (κ3) is 4.21. The van der Waals surface area contributed by atoms with Gasteiger partial charge in [-0.3, -0.25) is 18.7 Å². The molecule has 0 bridgehead atoms. The summed E-state index contributed by atoms with van der Waals surface area (Å²) in [5, 5.41) is 0. The maximum atomic E-state index is 12.5. The molecule has 1 saturated heterocycles. The Morgan fingerprint density at radius 2 is 1.93 bits per heavy atom. The number of benzene rings is 1. The number of imidazole rings is 1. The van der Waals surface area contributed by atoms with Crippen LogP contribution in [0.4, 0.5) is 0 Å². The fourth-order valence-electron chi connectivity index (χ4n) is 3.35. The molecule has 2 aromatic rings. The first-order valence-corrected chi connectivity index (χ1v) is 9.24. The lowest BCUT2D eigenvalue weighted by Gasteiger charge is -2.30. The number of morpholine rings is 1. The molecule has 1 fully saturated rings. The number of para-hydroxylation sites is 2. The lowest BCUT2D eigenvalue weighted by atomic mass is 10.3. The van der Waals surface area contributed by atoms with E-state index in [4.69, 9.17) is 9.47 Å². The minimum Gasteiger partial charge on any atom is -0.456 e. The molecular weight excluding hydrogens is 350 g/mol. The minimum absolute atomic E-state index is 0.0128. The number of hydrogen-bond donors (Lipinski definition) is 0. The van der Waals surface area contributed by atoms with Gasteiger partial charge in [0.05, 0.1) is 30.2 Å². The van der Waals surface area contributed by atoms with E-state index in [0.717, 1.165) is 11.0 Å². The zero-order valence-electron chi connectivity index (χ0n) is 15.7. The van der Waals surface area contributed by atoms with Crippen LogP contribution in [0.15, 0.2) is 29.1 Å². The number of aryl methyl sites for hydroxylation is 2. The lowest BCUT2D eigenvalue weighted by molar-refractivity contribution is -0.155. The number of hydrogen-bond acceptors (Lipinski definition) is 5. The van der Waals surface area contributed by atoms with E-state index in [1.54, 1.807) is 14.0 Å². The molecule has 0 N–H and O–H groups in total. The second-order valence-electron chi connectivity index (χ2n) is 6.60. The van der Waals surface area contributed by atoms with Crippen molar-refractivity contribution in [1.82, 2.24) is 14.0 Å². The monoisotopic (exact) mass is 375 g/mol. The van der Waals surface area contributed by atoms with E-state index < -0.39 is 5.97 Å². The molecule has 0 saturated carbocycles. The van der Waals surface area contributed by atoms with E-state index in [2.05, 4.69) is 0 Å². The van der Waals surface area contributed by atoms with Gasteiger partial charge >= 0.3 is 11.7 Å². The van der Waals surface area contributed by atoms with Crippen LogP contribution in [0, 0.1) is 0 Å². The predicted octanol–water partition coefficient (Wildman–Crippen LogP) is 1.00. The summed E-state index contributed by atoms with van der Waals surface area (Å²) in [6.07, 6.45) is 0.0194. The van der Waals surface area contributed by atoms with Crippen molar-refractivity contribution >= 4 is 22.9 Å². The summed E-state index contributed by atoms with van der Waals surface area (Å²) in [6, 6.07) is 7.48. The molecule has 146 valence electrons. The van der Waals surface area contributed by atoms with Gasteiger partial charge in [0, 0.05) is 26.2 Å². The Balaban J connectivity index is 1.57. The van der Waals surface area contributed by atoms with Crippen LogP contribution in [-0.4, -0.2) is 58.3 Å². The molecule has 2 heterocycles. The molecule has 1 aromatic heterocycles. The van der Waals surface area contributed by atoms with Gasteiger partial charge in [0.15, 0.2) is 6.61 Å². The molecular formula is C19H25N3O5. The van der Waals surface area contributed by atoms with E-state index in [0.29, 0.717) is 26.2 Å². The quantitative estimate of drug-likeness (QED) is 0.704. The van der Waals surface area contributed by atoms with E-state index >= 15 is 0 Å². The summed E-state index contributed by atoms with van der Waals surface area (Å²) in [4.78, 5) is 38.4. The Hall–Kier alpha value is -2.61. The zero-order valence-corrected chi connectivity index (χ0v) is 15.7. The normalized spacial score (nSPS) is 17.3. The van der Waals surface area contributed by atoms with Crippen molar-refractivity contribution in [2.45, 2.75) is 39.5 Å². The third-order valence-electron chi connectivity index (χ3n) is 4.73. The number of esters is 1. The first kappa shape index (κ1) is 19.2. The van der Waals surface area contributed by atoms with Crippen LogP contribution in [0.3, 0.4) is 0 Å². The van der Waals surface area contributed by atoms with Gasteiger partial charge in [0.1, 0.15) is 0 Å². The molecule has 1 atom stereocenters. The number of rotatable bonds is 6. The highest BCUT2D eigenvalue weighted by Crippen LogP contribution is 2.13. The molecule has 8 nitrogen and oxygen atoms in total. The molecule has 0 aliphatic carbocycles. The Labute approximate surface area is 157 Å². The summed E-state index contributed by atoms with van der Waals surface area (Å²) in [5.41, 5.74) is 1.48. The lowest BCUT2D eigenvalue weighted by Crippen LogP contribution is -2.46. The SMILES string of the molecule is CCn1c(=O)n(CCC(=O)OCC(=O)N2CCOC(C)C2)c2ccccc21. The Kier molecular flexibility index (Phi) is 5.95. The summed E-state index contributed by atoms with van der Waals surface area (Å²) in [6.45, 7) is 5.80. The zero-order chi connectivity index (χ0) is 19.4. The van der Waals surface area contributed by atoms with Crippen LogP contribution in [0.25, 0.3) is 11.0 Å². The molecule has 8 heteroatoms. The highest BCUT2D eigenvalue weighted by Gasteiger charge is 2.22. The molecule has 1 aliphatic heterocycles. The van der Waals surface area contributed by atoms with Crippen molar-refractivity contribution in [1.29, 1.82) is 0 Å². The molecule has 0 spiro atoms. The maximum absolute atomic E-state index is 12.5. The number of amides is 1. The predicted molar refractivity (Wildman–Crippen MR) is 99.4 cm³/mol. The molecule has 1 amide bonds. The van der Waals surface area contributed by atoms with Crippen LogP contribution in [0.1, 0.15) is 20.3 Å². The van der Waals surface area contributed by atoms with E-state index in [-0.39, 0.29) is 37.3 Å². The van der Waals surface area contributed by atoms with Crippen LogP contribution < -0.4 is 5.69 Å². The van der Waals surface area contributed by atoms with E-state index in [9.17, 15) is 14.4 Å². The first-order valence-electron chi connectivity index (χ1n) is 9.24. The summed E-state index contributed by atoms with van der Waals surface area (Å²) in [7, 11) is 0. The fraction of sp³-hybridized carbons (Fsp3) is 0.526. The largest absolute Gasteiger partial charge is 0.456 e. The van der Waals surface area contributed by atoms with E-state index in [1.165, 1.54) is 0 Å². The van der Waals surface area contributed by atoms with E-state index in [1.807, 2.05) is 38.1 Å². The molecule has 0 radical (unpaired) electrons. The van der Waals surface area contributed by atoms with Crippen molar-refractivity contribution < 1.29 is 19.1 Å². The Morgan fingerprint density at radius 3 is 2.59 bits per heavy atom. The summed E-state index contributed by atoms with van der Waals surface area (Å²) in [5.74, 6) is -0.719. The van der Waals surface area contributed by atoms with Crippen molar-refractivity contribution in [2.75, 3.05) is 26.3 Å². The Bertz CT molecular complexity index is 885. The van der Waals surface area contributed by atoms with Gasteiger partial charge in [-0.05, 0) is 26.0 Å². The van der Waals surface area contributed by atoms with Crippen molar-refractivity contribution in [3.05, 3.63) is 34.7 Å². The van der Waals surface area contributed by atoms with Crippen molar-refractivity contribution in [3.63, 3.8) is 0 Å². The van der Waals surface area contributed by atoms with Crippen molar-refractivity contribution in [2.24, 2.45) is 0 Å². The number of fused-ring (bicyclic) bond motifs is 1.